The Hall–Kier alpha value is -9.82. The van der Waals surface area contributed by atoms with Crippen molar-refractivity contribution in [2.45, 2.75) is 0 Å². The molecule has 0 amide bonds. The number of aromatic nitrogens is 4. The Balaban J connectivity index is 1.33. The highest BCUT2D eigenvalue weighted by Gasteiger charge is 2.35. The van der Waals surface area contributed by atoms with Crippen LogP contribution in [0.3, 0.4) is 0 Å². The minimum atomic E-state index is -0.651. The van der Waals surface area contributed by atoms with Crippen LogP contribution in [0.1, 0.15) is 24.8 Å². The van der Waals surface area contributed by atoms with E-state index >= 15 is 0 Å². The Labute approximate surface area is 407 Å². The predicted octanol–water partition coefficient (Wildman–Crippen LogP) is 15.7. The van der Waals surface area contributed by atoms with Gasteiger partial charge in [-0.2, -0.15) is 10.5 Å². The summed E-state index contributed by atoms with van der Waals surface area (Å²) in [6.07, 6.45) is 0. The van der Waals surface area contributed by atoms with Gasteiger partial charge in [0.25, 0.3) is 0 Å². The molecule has 5 heterocycles. The van der Waals surface area contributed by atoms with Crippen LogP contribution in [0.15, 0.2) is 210 Å². The van der Waals surface area contributed by atoms with E-state index in [1.807, 2.05) is 159 Å². The fraction of sp³-hybridized carbons (Fsp3) is 0. The number of rotatable bonds is 4. The number of benzene rings is 10. The third-order valence-corrected chi connectivity index (χ3v) is 13.7. The number of nitrogens with zero attached hydrogens (tertiary/aromatic N) is 6. The summed E-state index contributed by atoms with van der Waals surface area (Å²) in [4.78, 5) is 0. The van der Waals surface area contributed by atoms with Gasteiger partial charge in [-0.1, -0.05) is 151 Å². The van der Waals surface area contributed by atoms with Crippen molar-refractivity contribution in [1.29, 1.82) is 10.5 Å². The Morgan fingerprint density at radius 2 is 0.681 bits per heavy atom. The van der Waals surface area contributed by atoms with Gasteiger partial charge < -0.3 is 22.7 Å². The molecular formula is C62H34N6O. The molecule has 15 aromatic rings. The van der Waals surface area contributed by atoms with E-state index in [2.05, 4.69) is 12.1 Å². The molecule has 69 heavy (non-hydrogen) atoms. The molecule has 0 N–H and O–H groups in total. The molecule has 0 aliphatic carbocycles. The number of hydrogen-bond acceptors (Lipinski definition) is 3. The molecule has 0 fully saturated rings. The van der Waals surface area contributed by atoms with Crippen LogP contribution in [0, 0.1) is 22.7 Å². The summed E-state index contributed by atoms with van der Waals surface area (Å²) >= 11 is 0. The van der Waals surface area contributed by atoms with Crippen LogP contribution >= 0.6 is 0 Å². The van der Waals surface area contributed by atoms with Crippen LogP contribution in [0.4, 0.5) is 0 Å². The minimum Gasteiger partial charge on any atom is -0.454 e. The zero-order valence-electron chi connectivity index (χ0n) is 45.9. The van der Waals surface area contributed by atoms with Gasteiger partial charge in [-0.05, 0) is 54.5 Å². The average molecular weight is 889 g/mol. The molecule has 318 valence electrons. The maximum atomic E-state index is 12.7. The molecule has 0 unspecified atom stereocenters. The number of para-hydroxylation sites is 8. The van der Waals surface area contributed by atoms with E-state index in [4.69, 9.17) is 9.90 Å². The molecule has 7 nitrogen and oxygen atoms in total. The van der Waals surface area contributed by atoms with Crippen LogP contribution in [0.25, 0.3) is 132 Å². The van der Waals surface area contributed by atoms with E-state index in [0.29, 0.717) is 38.8 Å². The van der Waals surface area contributed by atoms with E-state index < -0.39 is 60.4 Å². The molecule has 0 atom stereocenters. The number of fused-ring (bicyclic) bond motifs is 16. The van der Waals surface area contributed by atoms with Gasteiger partial charge in [-0.3, -0.25) is 0 Å². The van der Waals surface area contributed by atoms with Crippen LogP contribution in [0.2, 0.25) is 0 Å². The fourth-order valence-corrected chi connectivity index (χ4v) is 11.1. The minimum absolute atomic E-state index is 0.0309. The summed E-state index contributed by atoms with van der Waals surface area (Å²) in [5.74, 6) is 0. The Morgan fingerprint density at radius 1 is 0.333 bits per heavy atom. The highest BCUT2D eigenvalue weighted by molar-refractivity contribution is 6.22. The number of furan rings is 1. The van der Waals surface area contributed by atoms with Gasteiger partial charge >= 0.3 is 0 Å². The molecule has 7 heteroatoms. The van der Waals surface area contributed by atoms with Crippen LogP contribution in [-0.4, -0.2) is 18.3 Å². The standard InChI is InChI=1S/C62H34N6O/c63-35-47-57(65-49-25-9-1-17-37(49)38-18-2-10-26-50(38)65)58(66-51-27-11-3-19-39(51)40-20-4-12-28-52(40)66)48(36-64)60(59(47)67-53-29-13-5-21-41(53)42-22-6-14-30-54(42)67)68-55-31-15-7-23-43(55)45-33-34-46-44-24-8-16-32-56(44)69-62(46)61(45)68/h1-34H/i7D,8D,15D,16D,23D,24D,31D,32D,33D,34D. The van der Waals surface area contributed by atoms with Crippen molar-refractivity contribution < 1.29 is 18.1 Å². The molecule has 0 spiro atoms. The van der Waals surface area contributed by atoms with E-state index in [1.54, 1.807) is 0 Å². The van der Waals surface area contributed by atoms with Crippen LogP contribution in [0.5, 0.6) is 0 Å². The molecule has 0 aliphatic rings. The average Bonchev–Trinajstić information content (AvgIpc) is 4.09. The SMILES string of the molecule is [2H]c1c([2H])c([2H])c2c(oc3c2c([2H])c([2H])c2c4c([2H])c([2H])c([2H])c([2H])c4n(-c4c(C#N)c(-n5c6ccccc6c6ccccc65)c(-n5c6ccccc6c6ccccc65)c(C#N)c4-n4c5ccccc5c5ccccc54)c32)c1[2H]. The second kappa shape index (κ2) is 13.9. The molecule has 0 saturated carbocycles. The smallest absolute Gasteiger partial charge is 0.160 e. The summed E-state index contributed by atoms with van der Waals surface area (Å²) in [6, 6.07) is 46.0. The van der Waals surface area contributed by atoms with Crippen molar-refractivity contribution >= 4 is 109 Å². The van der Waals surface area contributed by atoms with Gasteiger partial charge in [0.15, 0.2) is 5.58 Å². The second-order valence-electron chi connectivity index (χ2n) is 17.0. The first-order chi connectivity index (χ1) is 38.4. The summed E-state index contributed by atoms with van der Waals surface area (Å²) in [6.45, 7) is 0. The van der Waals surface area contributed by atoms with Gasteiger partial charge in [-0.25, -0.2) is 0 Å². The normalized spacial score (nSPS) is 14.1. The lowest BCUT2D eigenvalue weighted by molar-refractivity contribution is 0.671. The Morgan fingerprint density at radius 3 is 1.10 bits per heavy atom. The first kappa shape index (κ1) is 29.0. The van der Waals surface area contributed by atoms with Crippen LogP contribution < -0.4 is 0 Å². The Bertz CT molecular complexity index is 5280. The number of hydrogen-bond donors (Lipinski definition) is 0. The van der Waals surface area contributed by atoms with Gasteiger partial charge in [-0.15, -0.1) is 0 Å². The summed E-state index contributed by atoms with van der Waals surface area (Å²) in [7, 11) is 0. The highest BCUT2D eigenvalue weighted by atomic mass is 16.3. The molecule has 0 radical (unpaired) electrons. The molecule has 5 aromatic heterocycles. The second-order valence-corrected chi connectivity index (χ2v) is 17.0. The highest BCUT2D eigenvalue weighted by Crippen LogP contribution is 2.50. The molecule has 15 rings (SSSR count). The van der Waals surface area contributed by atoms with Gasteiger partial charge in [0.2, 0.25) is 0 Å². The molecule has 0 aliphatic heterocycles. The summed E-state index contributed by atoms with van der Waals surface area (Å²) in [5, 5.41) is 29.6. The van der Waals surface area contributed by atoms with Crippen molar-refractivity contribution in [2.24, 2.45) is 0 Å². The lowest BCUT2D eigenvalue weighted by atomic mass is 9.98. The molecule has 0 saturated heterocycles. The predicted molar refractivity (Wildman–Crippen MR) is 281 cm³/mol. The third-order valence-electron chi connectivity index (χ3n) is 13.7. The largest absolute Gasteiger partial charge is 0.454 e. The maximum absolute atomic E-state index is 12.7. The molecule has 0 bridgehead atoms. The summed E-state index contributed by atoms with van der Waals surface area (Å²) in [5.41, 5.74) is 3.58. The lowest BCUT2D eigenvalue weighted by Crippen LogP contribution is -2.16. The third kappa shape index (κ3) is 4.82. The number of nitriles is 2. The van der Waals surface area contributed by atoms with Crippen molar-refractivity contribution in [3.8, 4) is 34.9 Å². The first-order valence-electron chi connectivity index (χ1n) is 27.3. The maximum Gasteiger partial charge on any atom is 0.160 e. The zero-order valence-corrected chi connectivity index (χ0v) is 35.9. The van der Waals surface area contributed by atoms with Gasteiger partial charge in [0.1, 0.15) is 28.8 Å². The van der Waals surface area contributed by atoms with E-state index in [-0.39, 0.29) is 71.9 Å². The van der Waals surface area contributed by atoms with Gasteiger partial charge in [0.05, 0.1) is 80.6 Å². The first-order valence-corrected chi connectivity index (χ1v) is 22.3. The lowest BCUT2D eigenvalue weighted by Gasteiger charge is -2.27. The van der Waals surface area contributed by atoms with Crippen molar-refractivity contribution in [3.05, 3.63) is 217 Å². The van der Waals surface area contributed by atoms with E-state index in [0.717, 1.165) is 32.3 Å². The zero-order chi connectivity index (χ0) is 54.2. The summed E-state index contributed by atoms with van der Waals surface area (Å²) < 4.78 is 107. The van der Waals surface area contributed by atoms with Gasteiger partial charge in [0, 0.05) is 53.9 Å². The topological polar surface area (TPSA) is 80.4 Å². The Kier molecular flexibility index (Phi) is 5.81. The van der Waals surface area contributed by atoms with Crippen molar-refractivity contribution in [2.75, 3.05) is 0 Å². The quantitative estimate of drug-likeness (QED) is 0.177. The van der Waals surface area contributed by atoms with E-state index in [1.165, 1.54) is 4.57 Å². The molecule has 10 aromatic carbocycles. The monoisotopic (exact) mass is 888 g/mol. The van der Waals surface area contributed by atoms with Crippen LogP contribution in [-0.2, 0) is 0 Å². The van der Waals surface area contributed by atoms with Crippen molar-refractivity contribution in [1.82, 2.24) is 18.3 Å². The van der Waals surface area contributed by atoms with E-state index in [9.17, 15) is 18.7 Å². The molecular weight excluding hydrogens is 845 g/mol. The van der Waals surface area contributed by atoms with Crippen molar-refractivity contribution in [3.63, 3.8) is 0 Å². The fourth-order valence-electron chi connectivity index (χ4n) is 11.1.